The number of ether oxygens (including phenoxy) is 2. The first-order valence-electron chi connectivity index (χ1n) is 6.34. The van der Waals surface area contributed by atoms with Gasteiger partial charge in [-0.2, -0.15) is 0 Å². The van der Waals surface area contributed by atoms with Crippen LogP contribution in [0.2, 0.25) is 0 Å². The summed E-state index contributed by atoms with van der Waals surface area (Å²) >= 11 is 6.96. The predicted octanol–water partition coefficient (Wildman–Crippen LogP) is 5.29. The minimum atomic E-state index is 0.518. The van der Waals surface area contributed by atoms with Crippen LogP contribution in [0.15, 0.2) is 45.3 Å². The van der Waals surface area contributed by atoms with Crippen molar-refractivity contribution in [1.29, 1.82) is 0 Å². The number of rotatable bonds is 5. The van der Waals surface area contributed by atoms with Crippen molar-refractivity contribution in [2.75, 3.05) is 13.2 Å². The maximum Gasteiger partial charge on any atom is 0.122 e. The molecule has 0 heterocycles. The van der Waals surface area contributed by atoms with Crippen LogP contribution in [0, 0.1) is 13.8 Å². The van der Waals surface area contributed by atoms with Gasteiger partial charge in [-0.1, -0.05) is 37.9 Å². The molecule has 20 heavy (non-hydrogen) atoms. The minimum absolute atomic E-state index is 0.518. The molecule has 0 aliphatic rings. The van der Waals surface area contributed by atoms with Gasteiger partial charge in [0.15, 0.2) is 0 Å². The van der Waals surface area contributed by atoms with Crippen LogP contribution in [-0.2, 0) is 0 Å². The van der Waals surface area contributed by atoms with E-state index in [0.29, 0.717) is 13.2 Å². The molecule has 4 heteroatoms. The van der Waals surface area contributed by atoms with E-state index in [2.05, 4.69) is 45.7 Å². The Labute approximate surface area is 136 Å². The maximum absolute atomic E-state index is 5.72. The van der Waals surface area contributed by atoms with Crippen molar-refractivity contribution in [1.82, 2.24) is 0 Å². The van der Waals surface area contributed by atoms with Crippen LogP contribution < -0.4 is 9.47 Å². The van der Waals surface area contributed by atoms with Gasteiger partial charge in [-0.05, 0) is 55.3 Å². The van der Waals surface area contributed by atoms with Crippen molar-refractivity contribution >= 4 is 31.9 Å². The number of hydrogen-bond donors (Lipinski definition) is 0. The molecular weight excluding hydrogens is 384 g/mol. The normalized spacial score (nSPS) is 10.4. The van der Waals surface area contributed by atoms with Gasteiger partial charge in [0.05, 0.1) is 0 Å². The molecule has 0 saturated carbocycles. The monoisotopic (exact) mass is 398 g/mol. The van der Waals surface area contributed by atoms with Crippen LogP contribution in [0.3, 0.4) is 0 Å². The van der Waals surface area contributed by atoms with Gasteiger partial charge in [-0.25, -0.2) is 0 Å². The van der Waals surface area contributed by atoms with Gasteiger partial charge in [0, 0.05) is 8.95 Å². The molecule has 2 rings (SSSR count). The highest BCUT2D eigenvalue weighted by molar-refractivity contribution is 9.10. The summed E-state index contributed by atoms with van der Waals surface area (Å²) in [6, 6.07) is 11.8. The lowest BCUT2D eigenvalue weighted by atomic mass is 10.1. The summed E-state index contributed by atoms with van der Waals surface area (Å²) in [5, 5.41) is 0. The molecule has 0 saturated heterocycles. The lowest BCUT2D eigenvalue weighted by molar-refractivity contribution is 0.217. The van der Waals surface area contributed by atoms with Crippen LogP contribution >= 0.6 is 31.9 Å². The average molecular weight is 400 g/mol. The van der Waals surface area contributed by atoms with Crippen molar-refractivity contribution in [2.45, 2.75) is 13.8 Å². The fourth-order valence-electron chi connectivity index (χ4n) is 1.87. The Bertz CT molecular complexity index is 574. The third kappa shape index (κ3) is 4.25. The number of aryl methyl sites for hydroxylation is 2. The van der Waals surface area contributed by atoms with Gasteiger partial charge >= 0.3 is 0 Å². The van der Waals surface area contributed by atoms with E-state index in [9.17, 15) is 0 Å². The third-order valence-corrected chi connectivity index (χ3v) is 4.57. The third-order valence-electron chi connectivity index (χ3n) is 2.83. The molecule has 2 aromatic rings. The fourth-order valence-corrected chi connectivity index (χ4v) is 2.47. The smallest absolute Gasteiger partial charge is 0.122 e. The first-order valence-corrected chi connectivity index (χ1v) is 7.93. The lowest BCUT2D eigenvalue weighted by Gasteiger charge is -2.11. The summed E-state index contributed by atoms with van der Waals surface area (Å²) in [5.74, 6) is 1.71. The van der Waals surface area contributed by atoms with Crippen molar-refractivity contribution in [2.24, 2.45) is 0 Å². The highest BCUT2D eigenvalue weighted by atomic mass is 79.9. The molecule has 0 spiro atoms. The van der Waals surface area contributed by atoms with Crippen LogP contribution in [0.4, 0.5) is 0 Å². The molecule has 0 unspecified atom stereocenters. The molecule has 2 nitrogen and oxygen atoms in total. The van der Waals surface area contributed by atoms with E-state index in [-0.39, 0.29) is 0 Å². The minimum Gasteiger partial charge on any atom is -0.490 e. The second-order valence-electron chi connectivity index (χ2n) is 4.53. The Kier molecular flexibility index (Phi) is 5.49. The Balaban J connectivity index is 1.84. The molecule has 0 amide bonds. The summed E-state index contributed by atoms with van der Waals surface area (Å²) in [6.07, 6.45) is 0. The Morgan fingerprint density at radius 1 is 0.850 bits per heavy atom. The first-order chi connectivity index (χ1) is 9.56. The van der Waals surface area contributed by atoms with Crippen molar-refractivity contribution < 1.29 is 9.47 Å². The van der Waals surface area contributed by atoms with Gasteiger partial charge < -0.3 is 9.47 Å². The summed E-state index contributed by atoms with van der Waals surface area (Å²) in [5.41, 5.74) is 2.35. The van der Waals surface area contributed by atoms with Crippen LogP contribution in [0.1, 0.15) is 11.1 Å². The van der Waals surface area contributed by atoms with E-state index in [1.807, 2.05) is 36.4 Å². The molecule has 0 radical (unpaired) electrons. The zero-order valence-corrected chi connectivity index (χ0v) is 14.6. The molecule has 0 aliphatic heterocycles. The summed E-state index contributed by atoms with van der Waals surface area (Å²) < 4.78 is 13.5. The topological polar surface area (TPSA) is 18.5 Å². The molecule has 0 fully saturated rings. The van der Waals surface area contributed by atoms with E-state index >= 15 is 0 Å². The maximum atomic E-state index is 5.72. The standard InChI is InChI=1S/C16H16Br2O2/c1-11-8-15(9-12(2)16(11)18)20-7-6-19-14-5-3-4-13(17)10-14/h3-5,8-10H,6-7H2,1-2H3. The van der Waals surface area contributed by atoms with Gasteiger partial charge in [0.25, 0.3) is 0 Å². The second-order valence-corrected chi connectivity index (χ2v) is 6.23. The van der Waals surface area contributed by atoms with E-state index < -0.39 is 0 Å². The predicted molar refractivity (Wildman–Crippen MR) is 88.7 cm³/mol. The number of halogens is 2. The summed E-state index contributed by atoms with van der Waals surface area (Å²) in [7, 11) is 0. The molecule has 0 aromatic heterocycles. The van der Waals surface area contributed by atoms with Crippen molar-refractivity contribution in [3.8, 4) is 11.5 Å². The molecule has 0 bridgehead atoms. The van der Waals surface area contributed by atoms with Gasteiger partial charge in [-0.15, -0.1) is 0 Å². The molecule has 0 aliphatic carbocycles. The highest BCUT2D eigenvalue weighted by Gasteiger charge is 2.03. The van der Waals surface area contributed by atoms with Gasteiger partial charge in [0.2, 0.25) is 0 Å². The molecule has 0 atom stereocenters. The van der Waals surface area contributed by atoms with E-state index in [1.165, 1.54) is 11.1 Å². The van der Waals surface area contributed by atoms with E-state index in [4.69, 9.17) is 9.47 Å². The van der Waals surface area contributed by atoms with Crippen LogP contribution in [0.25, 0.3) is 0 Å². The quantitative estimate of drug-likeness (QED) is 0.636. The largest absolute Gasteiger partial charge is 0.490 e. The first kappa shape index (κ1) is 15.4. The summed E-state index contributed by atoms with van der Waals surface area (Å²) in [6.45, 7) is 5.15. The molecule has 106 valence electrons. The lowest BCUT2D eigenvalue weighted by Crippen LogP contribution is -2.09. The molecule has 0 N–H and O–H groups in total. The number of hydrogen-bond acceptors (Lipinski definition) is 2. The van der Waals surface area contributed by atoms with Gasteiger partial charge in [-0.3, -0.25) is 0 Å². The summed E-state index contributed by atoms with van der Waals surface area (Å²) in [4.78, 5) is 0. The zero-order chi connectivity index (χ0) is 14.5. The van der Waals surface area contributed by atoms with E-state index in [0.717, 1.165) is 20.4 Å². The Morgan fingerprint density at radius 2 is 1.45 bits per heavy atom. The SMILES string of the molecule is Cc1cc(OCCOc2cccc(Br)c2)cc(C)c1Br. The Morgan fingerprint density at radius 3 is 2.05 bits per heavy atom. The number of benzene rings is 2. The van der Waals surface area contributed by atoms with E-state index in [1.54, 1.807) is 0 Å². The Hall–Kier alpha value is -1.000. The molecule has 2 aromatic carbocycles. The van der Waals surface area contributed by atoms with Gasteiger partial charge in [0.1, 0.15) is 24.7 Å². The van der Waals surface area contributed by atoms with Crippen LogP contribution in [0.5, 0.6) is 11.5 Å². The zero-order valence-electron chi connectivity index (χ0n) is 11.5. The van der Waals surface area contributed by atoms with Crippen molar-refractivity contribution in [3.05, 3.63) is 56.5 Å². The van der Waals surface area contributed by atoms with Crippen LogP contribution in [-0.4, -0.2) is 13.2 Å². The average Bonchev–Trinajstić information content (AvgIpc) is 2.41. The van der Waals surface area contributed by atoms with Crippen molar-refractivity contribution in [3.63, 3.8) is 0 Å². The highest BCUT2D eigenvalue weighted by Crippen LogP contribution is 2.26. The second kappa shape index (κ2) is 7.14. The molecular formula is C16H16Br2O2. The fraction of sp³-hybridized carbons (Fsp3) is 0.250.